The van der Waals surface area contributed by atoms with Crippen LogP contribution in [0.4, 0.5) is 24.8 Å². The monoisotopic (exact) mass is 402 g/mol. The van der Waals surface area contributed by atoms with E-state index in [-0.39, 0.29) is 23.6 Å². The van der Waals surface area contributed by atoms with E-state index in [4.69, 9.17) is 11.6 Å². The molecule has 0 saturated heterocycles. The van der Waals surface area contributed by atoms with Crippen molar-refractivity contribution in [3.63, 3.8) is 0 Å². The SMILES string of the molecule is CC1(O)CCCC1[n+]1[nH]cc(Nc2ncc(C(F)(F)F)c(C3CC3)n2)c1Cl. The second kappa shape index (κ2) is 6.34. The van der Waals surface area contributed by atoms with E-state index in [0.29, 0.717) is 30.1 Å². The quantitative estimate of drug-likeness (QED) is 0.678. The van der Waals surface area contributed by atoms with Gasteiger partial charge in [0.25, 0.3) is 0 Å². The molecule has 4 rings (SSSR count). The summed E-state index contributed by atoms with van der Waals surface area (Å²) in [4.78, 5) is 7.91. The summed E-state index contributed by atoms with van der Waals surface area (Å²) in [5, 5.41) is 16.7. The maximum absolute atomic E-state index is 13.2. The molecule has 0 radical (unpaired) electrons. The average Bonchev–Trinajstić information content (AvgIpc) is 3.29. The number of H-pyrrole nitrogens is 1. The number of rotatable bonds is 4. The summed E-state index contributed by atoms with van der Waals surface area (Å²) in [6.07, 6.45) is 1.67. The Balaban J connectivity index is 1.61. The molecule has 2 aliphatic rings. The highest BCUT2D eigenvalue weighted by Crippen LogP contribution is 2.45. The number of anilines is 2. The van der Waals surface area contributed by atoms with E-state index < -0.39 is 17.3 Å². The molecule has 146 valence electrons. The van der Waals surface area contributed by atoms with E-state index in [1.807, 2.05) is 0 Å². The standard InChI is InChI=1S/C17H19ClF3N5O/c1-16(27)6-2-3-12(16)26-14(18)11(8-23-26)24-15-22-7-10(17(19,20)21)13(25-15)9-4-5-9/h7-9,12,27H,2-6H2,1H3,(H,22,24,25)/p+1. The summed E-state index contributed by atoms with van der Waals surface area (Å²) >= 11 is 6.42. The van der Waals surface area contributed by atoms with Gasteiger partial charge in [0, 0.05) is 18.5 Å². The number of nitrogens with zero attached hydrogens (tertiary/aromatic N) is 3. The number of hydrogen-bond donors (Lipinski definition) is 3. The summed E-state index contributed by atoms with van der Waals surface area (Å²) in [6.45, 7) is 1.77. The zero-order chi connectivity index (χ0) is 19.4. The molecule has 2 aliphatic carbocycles. The maximum Gasteiger partial charge on any atom is 0.419 e. The van der Waals surface area contributed by atoms with Crippen LogP contribution in [-0.2, 0) is 6.18 Å². The molecule has 2 fully saturated rings. The van der Waals surface area contributed by atoms with Gasteiger partial charge in [-0.05, 0) is 44.2 Å². The number of hydrogen-bond acceptors (Lipinski definition) is 4. The van der Waals surface area contributed by atoms with Gasteiger partial charge in [-0.25, -0.2) is 9.97 Å². The molecule has 0 aromatic carbocycles. The van der Waals surface area contributed by atoms with Gasteiger partial charge in [0.05, 0.1) is 17.5 Å². The van der Waals surface area contributed by atoms with Gasteiger partial charge in [-0.3, -0.25) is 0 Å². The summed E-state index contributed by atoms with van der Waals surface area (Å²) in [6, 6.07) is -0.198. The third-order valence-corrected chi connectivity index (χ3v) is 5.69. The van der Waals surface area contributed by atoms with Crippen molar-refractivity contribution in [1.29, 1.82) is 0 Å². The molecule has 2 aromatic rings. The second-order valence-corrected chi connectivity index (χ2v) is 7.86. The van der Waals surface area contributed by atoms with Crippen molar-refractivity contribution in [3.8, 4) is 0 Å². The molecule has 27 heavy (non-hydrogen) atoms. The van der Waals surface area contributed by atoms with Crippen molar-refractivity contribution in [3.05, 3.63) is 28.8 Å². The van der Waals surface area contributed by atoms with E-state index in [1.165, 1.54) is 0 Å². The van der Waals surface area contributed by atoms with E-state index in [0.717, 1.165) is 19.0 Å². The summed E-state index contributed by atoms with van der Waals surface area (Å²) in [5.41, 5.74) is -1.19. The fourth-order valence-electron chi connectivity index (χ4n) is 3.69. The van der Waals surface area contributed by atoms with Gasteiger partial charge in [0.1, 0.15) is 5.60 Å². The molecule has 2 saturated carbocycles. The van der Waals surface area contributed by atoms with Gasteiger partial charge in [-0.15, -0.1) is 0 Å². The first-order valence-electron chi connectivity index (χ1n) is 8.89. The Bertz CT molecular complexity index is 863. The summed E-state index contributed by atoms with van der Waals surface area (Å²) in [5.74, 6) is -0.110. The van der Waals surface area contributed by atoms with Crippen molar-refractivity contribution >= 4 is 23.2 Å². The largest absolute Gasteiger partial charge is 0.419 e. The van der Waals surface area contributed by atoms with Crippen LogP contribution in [0.2, 0.25) is 5.15 Å². The van der Waals surface area contributed by atoms with Crippen molar-refractivity contribution in [2.24, 2.45) is 0 Å². The molecule has 0 bridgehead atoms. The Morgan fingerprint density at radius 1 is 1.37 bits per heavy atom. The smallest absolute Gasteiger partial charge is 0.383 e. The van der Waals surface area contributed by atoms with Gasteiger partial charge >= 0.3 is 11.3 Å². The summed E-state index contributed by atoms with van der Waals surface area (Å²) < 4.78 is 41.1. The second-order valence-electron chi connectivity index (χ2n) is 7.50. The molecule has 2 aromatic heterocycles. The molecule has 0 aliphatic heterocycles. The predicted molar refractivity (Wildman–Crippen MR) is 91.8 cm³/mol. The molecule has 10 heteroatoms. The highest BCUT2D eigenvalue weighted by atomic mass is 35.5. The van der Waals surface area contributed by atoms with E-state index in [2.05, 4.69) is 20.4 Å². The highest BCUT2D eigenvalue weighted by molar-refractivity contribution is 6.31. The van der Waals surface area contributed by atoms with Crippen LogP contribution >= 0.6 is 11.6 Å². The van der Waals surface area contributed by atoms with Crippen LogP contribution in [0.3, 0.4) is 0 Å². The lowest BCUT2D eigenvalue weighted by Crippen LogP contribution is -2.50. The number of alkyl halides is 3. The lowest BCUT2D eigenvalue weighted by atomic mass is 10.0. The Morgan fingerprint density at radius 3 is 2.70 bits per heavy atom. The number of aromatic nitrogens is 4. The van der Waals surface area contributed by atoms with Crippen LogP contribution in [0, 0.1) is 0 Å². The van der Waals surface area contributed by atoms with Gasteiger partial charge in [0.15, 0.2) is 5.69 Å². The number of aromatic amines is 1. The Kier molecular flexibility index (Phi) is 4.34. The maximum atomic E-state index is 13.2. The molecule has 3 N–H and O–H groups in total. The van der Waals surface area contributed by atoms with E-state index >= 15 is 0 Å². The van der Waals surface area contributed by atoms with Crippen LogP contribution in [0.1, 0.15) is 62.2 Å². The normalized spacial score (nSPS) is 25.8. The lowest BCUT2D eigenvalue weighted by molar-refractivity contribution is -0.781. The Morgan fingerprint density at radius 2 is 2.11 bits per heavy atom. The predicted octanol–water partition coefficient (Wildman–Crippen LogP) is 3.86. The van der Waals surface area contributed by atoms with Crippen LogP contribution < -0.4 is 10.00 Å². The Hall–Kier alpha value is -1.87. The topological polar surface area (TPSA) is 77.7 Å². The van der Waals surface area contributed by atoms with Crippen LogP contribution in [0.15, 0.2) is 12.4 Å². The zero-order valence-electron chi connectivity index (χ0n) is 14.6. The average molecular weight is 403 g/mol. The number of halogens is 4. The number of aliphatic hydroxyl groups is 1. The third kappa shape index (κ3) is 3.50. The molecular weight excluding hydrogens is 383 g/mol. The van der Waals surface area contributed by atoms with Gasteiger partial charge in [-0.1, -0.05) is 4.68 Å². The zero-order valence-corrected chi connectivity index (χ0v) is 15.4. The van der Waals surface area contributed by atoms with Crippen LogP contribution in [0.5, 0.6) is 0 Å². The first-order valence-corrected chi connectivity index (χ1v) is 9.26. The van der Waals surface area contributed by atoms with Crippen molar-refractivity contribution in [2.45, 2.75) is 62.8 Å². The fraction of sp³-hybridized carbons (Fsp3) is 0.588. The number of nitrogens with one attached hydrogen (secondary N) is 2. The van der Waals surface area contributed by atoms with Gasteiger partial charge in [0.2, 0.25) is 12.0 Å². The molecule has 0 spiro atoms. The van der Waals surface area contributed by atoms with Crippen LogP contribution in [-0.4, -0.2) is 25.8 Å². The highest BCUT2D eigenvalue weighted by Gasteiger charge is 2.46. The van der Waals surface area contributed by atoms with E-state index in [1.54, 1.807) is 17.8 Å². The fourth-order valence-corrected chi connectivity index (χ4v) is 3.96. The minimum Gasteiger partial charge on any atom is -0.383 e. The van der Waals surface area contributed by atoms with Crippen molar-refractivity contribution in [2.75, 3.05) is 5.32 Å². The van der Waals surface area contributed by atoms with Crippen molar-refractivity contribution < 1.29 is 23.0 Å². The van der Waals surface area contributed by atoms with Crippen molar-refractivity contribution in [1.82, 2.24) is 15.1 Å². The molecule has 0 amide bonds. The summed E-state index contributed by atoms with van der Waals surface area (Å²) in [7, 11) is 0. The molecular formula is C17H20ClF3N5O+. The minimum absolute atomic E-state index is 0.0262. The lowest BCUT2D eigenvalue weighted by Gasteiger charge is -2.19. The van der Waals surface area contributed by atoms with Gasteiger partial charge < -0.3 is 10.4 Å². The Labute approximate surface area is 158 Å². The molecule has 2 atom stereocenters. The van der Waals surface area contributed by atoms with Gasteiger partial charge in [-0.2, -0.15) is 18.3 Å². The molecule has 6 nitrogen and oxygen atoms in total. The third-order valence-electron chi connectivity index (χ3n) is 5.31. The van der Waals surface area contributed by atoms with E-state index in [9.17, 15) is 18.3 Å². The molecule has 2 unspecified atom stereocenters. The molecule has 2 heterocycles. The first-order chi connectivity index (χ1) is 12.7. The first kappa shape index (κ1) is 18.5. The minimum atomic E-state index is -4.47. The van der Waals surface area contributed by atoms with Crippen LogP contribution in [0.25, 0.3) is 0 Å².